The van der Waals surface area contributed by atoms with Gasteiger partial charge in [0.2, 0.25) is 0 Å². The first-order valence-electron chi connectivity index (χ1n) is 8.82. The molecule has 27 heavy (non-hydrogen) atoms. The van der Waals surface area contributed by atoms with Gasteiger partial charge in [-0.15, -0.1) is 11.3 Å². The molecule has 0 spiro atoms. The van der Waals surface area contributed by atoms with Gasteiger partial charge < -0.3 is 9.64 Å². The number of thiophene rings is 1. The van der Waals surface area contributed by atoms with Crippen LogP contribution in [-0.4, -0.2) is 54.0 Å². The highest BCUT2D eigenvalue weighted by Crippen LogP contribution is 2.25. The summed E-state index contributed by atoms with van der Waals surface area (Å²) >= 11 is 7.92. The maximum Gasteiger partial charge on any atom is 0.264 e. The number of piperazine rings is 1. The number of nitrogens with zero attached hydrogens (tertiary/aromatic N) is 3. The summed E-state index contributed by atoms with van der Waals surface area (Å²) in [5.41, 5.74) is 1.84. The van der Waals surface area contributed by atoms with Gasteiger partial charge in [-0.1, -0.05) is 17.7 Å². The Hall–Kier alpha value is -2.15. The molecule has 1 saturated heterocycles. The Kier molecular flexibility index (Phi) is 5.29. The zero-order chi connectivity index (χ0) is 18.8. The van der Waals surface area contributed by atoms with Gasteiger partial charge in [-0.25, -0.2) is 4.98 Å². The zero-order valence-corrected chi connectivity index (χ0v) is 16.6. The van der Waals surface area contributed by atoms with Crippen molar-refractivity contribution in [1.82, 2.24) is 14.8 Å². The molecule has 1 aliphatic heterocycles. The van der Waals surface area contributed by atoms with Crippen LogP contribution in [0.3, 0.4) is 0 Å². The zero-order valence-electron chi connectivity index (χ0n) is 15.0. The molecule has 140 valence electrons. The maximum atomic E-state index is 12.5. The van der Waals surface area contributed by atoms with Gasteiger partial charge in [0.1, 0.15) is 10.9 Å². The van der Waals surface area contributed by atoms with E-state index in [0.717, 1.165) is 59.8 Å². The van der Waals surface area contributed by atoms with E-state index >= 15 is 0 Å². The first-order valence-corrected chi connectivity index (χ1v) is 10.1. The van der Waals surface area contributed by atoms with E-state index in [9.17, 15) is 4.79 Å². The third-order valence-corrected chi connectivity index (χ3v) is 6.02. The number of fused-ring (bicyclic) bond motifs is 1. The summed E-state index contributed by atoms with van der Waals surface area (Å²) in [7, 11) is 1.64. The molecule has 7 heteroatoms. The summed E-state index contributed by atoms with van der Waals surface area (Å²) in [5, 5.41) is 3.50. The number of carbonyl (C=O) groups excluding carboxylic acids is 1. The van der Waals surface area contributed by atoms with Crippen molar-refractivity contribution in [3.05, 3.63) is 57.4 Å². The summed E-state index contributed by atoms with van der Waals surface area (Å²) in [6.07, 6.45) is 0. The number of rotatable bonds is 4. The minimum Gasteiger partial charge on any atom is -0.497 e. The monoisotopic (exact) mass is 401 g/mol. The first-order chi connectivity index (χ1) is 13.1. The number of halogens is 1. The van der Waals surface area contributed by atoms with Crippen molar-refractivity contribution in [3.8, 4) is 5.75 Å². The number of aromatic nitrogens is 1. The predicted octanol–water partition coefficient (Wildman–Crippen LogP) is 3.92. The summed E-state index contributed by atoms with van der Waals surface area (Å²) in [5.74, 6) is 0.898. The van der Waals surface area contributed by atoms with E-state index in [2.05, 4.69) is 16.0 Å². The number of hydrogen-bond donors (Lipinski definition) is 0. The number of pyridine rings is 1. The van der Waals surface area contributed by atoms with E-state index in [-0.39, 0.29) is 5.91 Å². The number of benzene rings is 1. The molecule has 2 aromatic heterocycles. The molecule has 0 radical (unpaired) electrons. The Morgan fingerprint density at radius 1 is 1.22 bits per heavy atom. The standard InChI is InChI=1S/C20H20ClN3O2S/c1-26-16-5-4-14-11-15(19(21)22-17(14)12-16)13-23-6-8-24(9-7-23)20(25)18-3-2-10-27-18/h2-5,10-12H,6-9,13H2,1H3. The molecule has 0 aliphatic carbocycles. The number of hydrogen-bond acceptors (Lipinski definition) is 5. The van der Waals surface area contributed by atoms with Crippen molar-refractivity contribution in [3.63, 3.8) is 0 Å². The van der Waals surface area contributed by atoms with E-state index < -0.39 is 0 Å². The van der Waals surface area contributed by atoms with Gasteiger partial charge in [0.15, 0.2) is 0 Å². The molecule has 0 unspecified atom stereocenters. The highest BCUT2D eigenvalue weighted by atomic mass is 35.5. The number of methoxy groups -OCH3 is 1. The molecule has 3 aromatic rings. The topological polar surface area (TPSA) is 45.7 Å². The van der Waals surface area contributed by atoms with Crippen molar-refractivity contribution in [1.29, 1.82) is 0 Å². The summed E-state index contributed by atoms with van der Waals surface area (Å²) < 4.78 is 5.25. The van der Waals surface area contributed by atoms with E-state index in [1.807, 2.05) is 40.6 Å². The van der Waals surface area contributed by atoms with Crippen LogP contribution in [-0.2, 0) is 6.54 Å². The van der Waals surface area contributed by atoms with Gasteiger partial charge in [-0.05, 0) is 29.6 Å². The fraction of sp³-hybridized carbons (Fsp3) is 0.300. The van der Waals surface area contributed by atoms with E-state index in [1.165, 1.54) is 11.3 Å². The molecule has 1 fully saturated rings. The average molecular weight is 402 g/mol. The molecule has 1 aromatic carbocycles. The molecule has 5 nitrogen and oxygen atoms in total. The van der Waals surface area contributed by atoms with Gasteiger partial charge in [-0.2, -0.15) is 0 Å². The Labute approximate surface area is 167 Å². The lowest BCUT2D eigenvalue weighted by molar-refractivity contribution is 0.0633. The Balaban J connectivity index is 1.43. The van der Waals surface area contributed by atoms with Crippen LogP contribution >= 0.6 is 22.9 Å². The second kappa shape index (κ2) is 7.84. The first kappa shape index (κ1) is 18.2. The SMILES string of the molecule is COc1ccc2cc(CN3CCN(C(=O)c4cccs4)CC3)c(Cl)nc2c1. The molecular weight excluding hydrogens is 382 g/mol. The second-order valence-corrected chi connectivity index (χ2v) is 7.85. The fourth-order valence-corrected chi connectivity index (χ4v) is 4.21. The van der Waals surface area contributed by atoms with Gasteiger partial charge in [0.05, 0.1) is 17.5 Å². The highest BCUT2D eigenvalue weighted by Gasteiger charge is 2.23. The average Bonchev–Trinajstić information content (AvgIpc) is 3.23. The Morgan fingerprint density at radius 2 is 2.04 bits per heavy atom. The normalized spacial score (nSPS) is 15.3. The lowest BCUT2D eigenvalue weighted by atomic mass is 10.1. The van der Waals surface area contributed by atoms with Crippen LogP contribution in [0.25, 0.3) is 10.9 Å². The molecule has 0 saturated carbocycles. The van der Waals surface area contributed by atoms with Crippen LogP contribution in [0.2, 0.25) is 5.15 Å². The van der Waals surface area contributed by atoms with Crippen LogP contribution in [0.15, 0.2) is 41.8 Å². The third kappa shape index (κ3) is 3.93. The van der Waals surface area contributed by atoms with Gasteiger partial charge in [-0.3, -0.25) is 9.69 Å². The van der Waals surface area contributed by atoms with Gasteiger partial charge >= 0.3 is 0 Å². The van der Waals surface area contributed by atoms with Crippen LogP contribution < -0.4 is 4.74 Å². The van der Waals surface area contributed by atoms with Gasteiger partial charge in [0.25, 0.3) is 5.91 Å². The van der Waals surface area contributed by atoms with Crippen molar-refractivity contribution in [2.75, 3.05) is 33.3 Å². The van der Waals surface area contributed by atoms with Crippen LogP contribution in [0.4, 0.5) is 0 Å². The maximum absolute atomic E-state index is 12.5. The fourth-order valence-electron chi connectivity index (χ4n) is 3.31. The largest absolute Gasteiger partial charge is 0.497 e. The van der Waals surface area contributed by atoms with Crippen molar-refractivity contribution < 1.29 is 9.53 Å². The van der Waals surface area contributed by atoms with Crippen molar-refractivity contribution in [2.45, 2.75) is 6.54 Å². The van der Waals surface area contributed by atoms with Crippen LogP contribution in [0.1, 0.15) is 15.2 Å². The lowest BCUT2D eigenvalue weighted by Crippen LogP contribution is -2.48. The second-order valence-electron chi connectivity index (χ2n) is 6.54. The summed E-state index contributed by atoms with van der Waals surface area (Å²) in [6.45, 7) is 3.84. The highest BCUT2D eigenvalue weighted by molar-refractivity contribution is 7.12. The molecule has 1 aliphatic rings. The number of ether oxygens (including phenoxy) is 1. The molecule has 1 amide bonds. The minimum atomic E-state index is 0.129. The molecular formula is C20H20ClN3O2S. The van der Waals surface area contributed by atoms with E-state index in [1.54, 1.807) is 7.11 Å². The molecule has 0 N–H and O–H groups in total. The predicted molar refractivity (Wildman–Crippen MR) is 109 cm³/mol. The number of amides is 1. The summed E-state index contributed by atoms with van der Waals surface area (Å²) in [6, 6.07) is 11.7. The smallest absolute Gasteiger partial charge is 0.264 e. The quantitative estimate of drug-likeness (QED) is 0.622. The Morgan fingerprint density at radius 3 is 2.74 bits per heavy atom. The summed E-state index contributed by atoms with van der Waals surface area (Å²) in [4.78, 5) is 22.0. The Bertz CT molecular complexity index is 953. The number of carbonyl (C=O) groups is 1. The van der Waals surface area contributed by atoms with Crippen molar-refractivity contribution in [2.24, 2.45) is 0 Å². The minimum absolute atomic E-state index is 0.129. The van der Waals surface area contributed by atoms with E-state index in [0.29, 0.717) is 5.15 Å². The lowest BCUT2D eigenvalue weighted by Gasteiger charge is -2.34. The van der Waals surface area contributed by atoms with Crippen LogP contribution in [0, 0.1) is 0 Å². The molecule has 0 bridgehead atoms. The molecule has 3 heterocycles. The van der Waals surface area contributed by atoms with Crippen molar-refractivity contribution >= 4 is 39.7 Å². The van der Waals surface area contributed by atoms with Gasteiger partial charge in [0, 0.05) is 49.7 Å². The van der Waals surface area contributed by atoms with Crippen LogP contribution in [0.5, 0.6) is 5.75 Å². The van der Waals surface area contributed by atoms with E-state index in [4.69, 9.17) is 16.3 Å². The molecule has 4 rings (SSSR count). The third-order valence-electron chi connectivity index (χ3n) is 4.84. The molecule has 0 atom stereocenters.